The topological polar surface area (TPSA) is 85.4 Å². The van der Waals surface area contributed by atoms with Gasteiger partial charge in [0.1, 0.15) is 11.9 Å². The number of ether oxygens (including phenoxy) is 1. The molecule has 10 heteroatoms. The van der Waals surface area contributed by atoms with E-state index < -0.39 is 15.8 Å². The van der Waals surface area contributed by atoms with Gasteiger partial charge in [-0.15, -0.1) is 11.3 Å². The van der Waals surface area contributed by atoms with Crippen LogP contribution in [0.1, 0.15) is 50.1 Å². The van der Waals surface area contributed by atoms with Gasteiger partial charge in [0.2, 0.25) is 0 Å². The lowest BCUT2D eigenvalue weighted by molar-refractivity contribution is -0.149. The molecule has 32 heavy (non-hydrogen) atoms. The molecule has 1 aliphatic heterocycles. The fourth-order valence-electron chi connectivity index (χ4n) is 5.94. The number of halogens is 2. The average molecular weight is 499 g/mol. The van der Waals surface area contributed by atoms with Gasteiger partial charge in [0.05, 0.1) is 21.5 Å². The molecule has 0 spiro atoms. The second-order valence-electron chi connectivity index (χ2n) is 9.55. The van der Waals surface area contributed by atoms with E-state index in [1.807, 2.05) is 6.92 Å². The number of rotatable bonds is 3. The van der Waals surface area contributed by atoms with E-state index in [0.29, 0.717) is 0 Å². The van der Waals surface area contributed by atoms with Crippen molar-refractivity contribution >= 4 is 44.1 Å². The zero-order valence-corrected chi connectivity index (χ0v) is 20.3. The summed E-state index contributed by atoms with van der Waals surface area (Å²) in [5.41, 5.74) is 0.828. The summed E-state index contributed by atoms with van der Waals surface area (Å²) in [6, 6.07) is 3.28. The molecule has 1 N–H and O–H groups in total. The number of hydrogen-bond acceptors (Lipinski definition) is 6. The number of hydrogen-bond donors (Lipinski definition) is 1. The highest BCUT2D eigenvalue weighted by atomic mass is 35.5. The third-order valence-electron chi connectivity index (χ3n) is 7.58. The second kappa shape index (κ2) is 7.40. The van der Waals surface area contributed by atoms with Crippen LogP contribution in [-0.4, -0.2) is 25.5 Å². The maximum Gasteiger partial charge on any atom is 0.309 e. The Balaban J connectivity index is 1.46. The van der Waals surface area contributed by atoms with Crippen LogP contribution in [-0.2, 0) is 26.0 Å². The van der Waals surface area contributed by atoms with Crippen molar-refractivity contribution in [2.24, 2.45) is 23.2 Å². The van der Waals surface area contributed by atoms with E-state index in [9.17, 15) is 17.6 Å². The highest BCUT2D eigenvalue weighted by Crippen LogP contribution is 2.59. The number of nitrogens with one attached hydrogen (secondary N) is 1. The highest BCUT2D eigenvalue weighted by Gasteiger charge is 2.58. The largest absolute Gasteiger partial charge is 0.461 e. The molecule has 172 valence electrons. The van der Waals surface area contributed by atoms with Crippen molar-refractivity contribution in [3.8, 4) is 0 Å². The molecule has 0 amide bonds. The molecule has 1 aromatic carbocycles. The summed E-state index contributed by atoms with van der Waals surface area (Å²) >= 11 is 7.09. The Labute approximate surface area is 195 Å². The third kappa shape index (κ3) is 3.35. The summed E-state index contributed by atoms with van der Waals surface area (Å²) in [6.45, 7) is 6.29. The summed E-state index contributed by atoms with van der Waals surface area (Å²) < 4.78 is 47.4. The lowest BCUT2D eigenvalue weighted by Crippen LogP contribution is -2.50. The van der Waals surface area contributed by atoms with Crippen molar-refractivity contribution in [3.63, 3.8) is 0 Å². The zero-order chi connectivity index (χ0) is 23.0. The molecule has 1 saturated carbocycles. The predicted octanol–water partition coefficient (Wildman–Crippen LogP) is 4.99. The molecule has 0 bridgehead atoms. The molecule has 3 aliphatic rings. The summed E-state index contributed by atoms with van der Waals surface area (Å²) in [5.74, 6) is -0.482. The maximum absolute atomic E-state index is 13.4. The van der Waals surface area contributed by atoms with Crippen LogP contribution in [0.25, 0.3) is 0 Å². The molecule has 0 radical (unpaired) electrons. The van der Waals surface area contributed by atoms with Crippen molar-refractivity contribution in [1.82, 2.24) is 4.98 Å². The average Bonchev–Trinajstić information content (AvgIpc) is 3.23. The second-order valence-corrected chi connectivity index (χ2v) is 12.7. The van der Waals surface area contributed by atoms with Crippen molar-refractivity contribution in [2.45, 2.75) is 57.0 Å². The van der Waals surface area contributed by atoms with Gasteiger partial charge in [-0.25, -0.2) is 17.8 Å². The van der Waals surface area contributed by atoms with Crippen LogP contribution in [0.2, 0.25) is 5.02 Å². The van der Waals surface area contributed by atoms with Crippen LogP contribution >= 0.6 is 22.9 Å². The van der Waals surface area contributed by atoms with Crippen LogP contribution in [0.5, 0.6) is 0 Å². The Morgan fingerprint density at radius 3 is 2.78 bits per heavy atom. The van der Waals surface area contributed by atoms with Crippen molar-refractivity contribution in [1.29, 1.82) is 0 Å². The summed E-state index contributed by atoms with van der Waals surface area (Å²) in [4.78, 5) is 17.8. The number of anilines is 1. The van der Waals surface area contributed by atoms with Crippen molar-refractivity contribution in [2.75, 3.05) is 4.72 Å². The van der Waals surface area contributed by atoms with E-state index in [1.54, 1.807) is 0 Å². The number of aromatic nitrogens is 1. The van der Waals surface area contributed by atoms with Crippen LogP contribution in [0.15, 0.2) is 23.1 Å². The van der Waals surface area contributed by atoms with Gasteiger partial charge in [-0.1, -0.05) is 32.4 Å². The number of esters is 1. The van der Waals surface area contributed by atoms with E-state index >= 15 is 0 Å². The minimum atomic E-state index is -3.96. The van der Waals surface area contributed by atoms with Gasteiger partial charge < -0.3 is 4.74 Å². The minimum absolute atomic E-state index is 0.0319. The number of thiazole rings is 1. The van der Waals surface area contributed by atoms with E-state index in [1.165, 1.54) is 17.4 Å². The molecule has 2 heterocycles. The quantitative estimate of drug-likeness (QED) is 0.602. The maximum atomic E-state index is 13.4. The number of benzene rings is 1. The number of sulfonamides is 1. The van der Waals surface area contributed by atoms with Gasteiger partial charge in [-0.05, 0) is 42.9 Å². The summed E-state index contributed by atoms with van der Waals surface area (Å²) in [5, 5.41) is 0.0182. The number of carbonyl (C=O) groups is 1. The van der Waals surface area contributed by atoms with E-state index in [2.05, 4.69) is 23.6 Å². The van der Waals surface area contributed by atoms with Crippen LogP contribution in [0, 0.1) is 29.0 Å². The Kier molecular flexibility index (Phi) is 5.11. The Morgan fingerprint density at radius 1 is 1.31 bits per heavy atom. The normalized spacial score (nSPS) is 33.8. The van der Waals surface area contributed by atoms with E-state index in [0.717, 1.165) is 42.0 Å². The first kappa shape index (κ1) is 22.1. The van der Waals surface area contributed by atoms with Gasteiger partial charge in [-0.3, -0.25) is 9.52 Å². The highest BCUT2D eigenvalue weighted by molar-refractivity contribution is 7.93. The Bertz CT molecular complexity index is 1220. The number of carbonyl (C=O) groups excluding carboxylic acids is 1. The van der Waals surface area contributed by atoms with Gasteiger partial charge in [-0.2, -0.15) is 0 Å². The SMILES string of the molecule is C[C@@H]1C(=O)O[C@H]2[C@H]1CC[C@@]1(C)Cc3sc(NS(=O)(=O)c4ccc(F)c(Cl)c4)nc3[C@@H](C)[C@H]21. The smallest absolute Gasteiger partial charge is 0.309 e. The first-order valence-corrected chi connectivity index (χ1v) is 13.4. The molecule has 2 aromatic rings. The zero-order valence-electron chi connectivity index (χ0n) is 17.9. The summed E-state index contributed by atoms with van der Waals surface area (Å²) in [7, 11) is -3.96. The first-order valence-electron chi connectivity index (χ1n) is 10.7. The van der Waals surface area contributed by atoms with E-state index in [4.69, 9.17) is 16.3 Å². The first-order chi connectivity index (χ1) is 15.0. The van der Waals surface area contributed by atoms with Gasteiger partial charge in [0.15, 0.2) is 5.13 Å². The monoisotopic (exact) mass is 498 g/mol. The molecule has 2 aliphatic carbocycles. The lowest BCUT2D eigenvalue weighted by atomic mass is 9.54. The molecule has 2 fully saturated rings. The minimum Gasteiger partial charge on any atom is -0.461 e. The van der Waals surface area contributed by atoms with E-state index in [-0.39, 0.29) is 56.2 Å². The van der Waals surface area contributed by atoms with Crippen molar-refractivity contribution in [3.05, 3.63) is 39.6 Å². The lowest BCUT2D eigenvalue weighted by Gasteiger charge is -2.51. The van der Waals surface area contributed by atoms with Crippen LogP contribution in [0.4, 0.5) is 9.52 Å². The molecule has 1 saturated heterocycles. The predicted molar refractivity (Wildman–Crippen MR) is 120 cm³/mol. The molecule has 5 rings (SSSR count). The fourth-order valence-corrected chi connectivity index (χ4v) is 8.71. The van der Waals surface area contributed by atoms with Crippen LogP contribution in [0.3, 0.4) is 0 Å². The molecular formula is C22H24ClFN2O4S2. The molecular weight excluding hydrogens is 475 g/mol. The molecule has 6 nitrogen and oxygen atoms in total. The standard InChI is InChI=1S/C22H24ClFN2O4S2/c1-10-13-6-7-22(3)9-16-18(11(2)17(22)19(13)30-20(10)27)25-21(31-16)26-32(28,29)12-4-5-15(24)14(23)8-12/h4-5,8,10-11,13,17,19H,6-7,9H2,1-3H3,(H,25,26)/t10-,11-,13-,17+,19-,22-/m0/s1. The molecule has 6 atom stereocenters. The fraction of sp³-hybridized carbons (Fsp3) is 0.545. The Hall–Kier alpha value is -1.71. The number of nitrogens with zero attached hydrogens (tertiary/aromatic N) is 1. The van der Waals surface area contributed by atoms with Gasteiger partial charge in [0, 0.05) is 22.6 Å². The van der Waals surface area contributed by atoms with Crippen LogP contribution < -0.4 is 4.72 Å². The Morgan fingerprint density at radius 2 is 2.06 bits per heavy atom. The molecule has 0 unspecified atom stereocenters. The number of fused-ring (bicyclic) bond motifs is 4. The van der Waals surface area contributed by atoms with Gasteiger partial charge >= 0.3 is 5.97 Å². The third-order valence-corrected chi connectivity index (χ3v) is 10.3. The summed E-state index contributed by atoms with van der Waals surface area (Å²) in [6.07, 6.45) is 2.60. The molecule has 1 aromatic heterocycles. The van der Waals surface area contributed by atoms with Crippen molar-refractivity contribution < 1.29 is 22.3 Å². The van der Waals surface area contributed by atoms with Gasteiger partial charge in [0.25, 0.3) is 10.0 Å².